The third-order valence-corrected chi connectivity index (χ3v) is 7.21. The number of carbonyl (C=O) groups is 3. The highest BCUT2D eigenvalue weighted by Crippen LogP contribution is 2.18. The molecule has 28 heavy (non-hydrogen) atoms. The molecule has 154 valence electrons. The van der Waals surface area contributed by atoms with Crippen molar-refractivity contribution in [3.8, 4) is 0 Å². The quantitative estimate of drug-likeness (QED) is 0.409. The van der Waals surface area contributed by atoms with Crippen LogP contribution in [0.15, 0.2) is 43.0 Å². The number of carboxylic acids is 1. The van der Waals surface area contributed by atoms with Gasteiger partial charge in [-0.25, -0.2) is 4.79 Å². The molecule has 3 N–H and O–H groups in total. The molecular formula is C20H30N2O5Si. The Labute approximate surface area is 167 Å². The number of aliphatic carboxylic acids is 1. The molecule has 0 fully saturated rings. The summed E-state index contributed by atoms with van der Waals surface area (Å²) in [5.41, 5.74) is 0.824. The van der Waals surface area contributed by atoms with Gasteiger partial charge in [-0.2, -0.15) is 0 Å². The van der Waals surface area contributed by atoms with E-state index in [0.717, 1.165) is 5.56 Å². The molecule has 0 saturated heterocycles. The summed E-state index contributed by atoms with van der Waals surface area (Å²) in [4.78, 5) is 36.9. The Kier molecular flexibility index (Phi) is 8.91. The first-order valence-corrected chi connectivity index (χ1v) is 12.2. The number of hydrogen-bond donors (Lipinski definition) is 3. The average Bonchev–Trinajstić information content (AvgIpc) is 2.64. The summed E-state index contributed by atoms with van der Waals surface area (Å²) in [7, 11) is -1.86. The summed E-state index contributed by atoms with van der Waals surface area (Å²) in [5.74, 6) is -1.89. The minimum absolute atomic E-state index is 0.0769. The molecule has 1 rings (SSSR count). The summed E-state index contributed by atoms with van der Waals surface area (Å²) in [6.07, 6.45) is 0.887. The normalized spacial score (nSPS) is 14.1. The molecule has 1 aromatic carbocycles. The molecule has 2 atom stereocenters. The fourth-order valence-corrected chi connectivity index (χ4v) is 4.33. The molecular weight excluding hydrogens is 376 g/mol. The van der Waals surface area contributed by atoms with Gasteiger partial charge in [-0.05, 0) is 17.9 Å². The van der Waals surface area contributed by atoms with Crippen molar-refractivity contribution in [2.45, 2.75) is 51.2 Å². The Bertz CT molecular complexity index is 693. The number of amides is 2. The largest absolute Gasteiger partial charge is 0.480 e. The maximum Gasteiger partial charge on any atom is 0.408 e. The molecule has 0 spiro atoms. The molecule has 0 aromatic heterocycles. The van der Waals surface area contributed by atoms with Crippen LogP contribution >= 0.6 is 0 Å². The van der Waals surface area contributed by atoms with E-state index in [2.05, 4.69) is 17.2 Å². The minimum Gasteiger partial charge on any atom is -0.480 e. The Morgan fingerprint density at radius 2 is 1.86 bits per heavy atom. The second-order valence-corrected chi connectivity index (χ2v) is 10.6. The highest BCUT2D eigenvalue weighted by atomic mass is 28.3. The van der Waals surface area contributed by atoms with Gasteiger partial charge < -0.3 is 20.5 Å². The number of nitrogens with one attached hydrogen (secondary N) is 2. The van der Waals surface area contributed by atoms with Crippen molar-refractivity contribution in [1.82, 2.24) is 10.6 Å². The topological polar surface area (TPSA) is 105 Å². The fourth-order valence-electron chi connectivity index (χ4n) is 2.77. The highest BCUT2D eigenvalue weighted by Gasteiger charge is 2.44. The van der Waals surface area contributed by atoms with Gasteiger partial charge in [0, 0.05) is 0 Å². The van der Waals surface area contributed by atoms with Gasteiger partial charge in [-0.15, -0.1) is 6.58 Å². The standard InChI is InChI=1S/C20H30N2O5Si/c1-6-12-20(18(24)25,28(4)5)22-17(23)16(14(2)3)21-19(26)27-13-15-10-8-7-9-11-15/h6-11,14,16,28H,1,12-13H2,2-5H3,(H,21,26)(H,22,23)(H,24,25)/t16-,20?/m0/s1. The van der Waals surface area contributed by atoms with Gasteiger partial charge in [-0.1, -0.05) is 63.3 Å². The van der Waals surface area contributed by atoms with Gasteiger partial charge >= 0.3 is 12.1 Å². The number of benzene rings is 1. The third-order valence-electron chi connectivity index (χ3n) is 4.62. The van der Waals surface area contributed by atoms with E-state index in [-0.39, 0.29) is 18.9 Å². The van der Waals surface area contributed by atoms with E-state index in [9.17, 15) is 19.5 Å². The average molecular weight is 407 g/mol. The lowest BCUT2D eigenvalue weighted by Gasteiger charge is -2.35. The Morgan fingerprint density at radius 3 is 2.32 bits per heavy atom. The van der Waals surface area contributed by atoms with Crippen LogP contribution in [0.1, 0.15) is 25.8 Å². The van der Waals surface area contributed by atoms with Crippen molar-refractivity contribution >= 4 is 26.8 Å². The van der Waals surface area contributed by atoms with E-state index >= 15 is 0 Å². The zero-order valence-electron chi connectivity index (χ0n) is 16.9. The van der Waals surface area contributed by atoms with Crippen molar-refractivity contribution in [2.75, 3.05) is 0 Å². The predicted octanol–water partition coefficient (Wildman–Crippen LogP) is 2.48. The Balaban J connectivity index is 2.85. The van der Waals surface area contributed by atoms with E-state index in [1.807, 2.05) is 43.4 Å². The van der Waals surface area contributed by atoms with E-state index < -0.39 is 38.0 Å². The highest BCUT2D eigenvalue weighted by molar-refractivity contribution is 6.64. The molecule has 1 unspecified atom stereocenters. The van der Waals surface area contributed by atoms with E-state index in [1.165, 1.54) is 6.08 Å². The van der Waals surface area contributed by atoms with Crippen LogP contribution in [0.4, 0.5) is 4.79 Å². The summed E-state index contributed by atoms with van der Waals surface area (Å²) >= 11 is 0. The summed E-state index contributed by atoms with van der Waals surface area (Å²) < 4.78 is 5.18. The van der Waals surface area contributed by atoms with Crippen LogP contribution in [-0.4, -0.2) is 43.1 Å². The summed E-state index contributed by atoms with van der Waals surface area (Å²) in [5, 5.41) is 13.6. The monoisotopic (exact) mass is 406 g/mol. The van der Waals surface area contributed by atoms with Crippen molar-refractivity contribution in [2.24, 2.45) is 5.92 Å². The van der Waals surface area contributed by atoms with E-state index in [4.69, 9.17) is 4.74 Å². The first-order chi connectivity index (χ1) is 13.1. The maximum atomic E-state index is 12.8. The molecule has 0 heterocycles. The molecule has 0 aliphatic heterocycles. The van der Waals surface area contributed by atoms with Gasteiger partial charge in [0.05, 0.1) is 8.80 Å². The molecule has 0 aliphatic carbocycles. The molecule has 8 heteroatoms. The lowest BCUT2D eigenvalue weighted by atomic mass is 10.0. The summed E-state index contributed by atoms with van der Waals surface area (Å²) in [6, 6.07) is 8.26. The molecule has 0 saturated carbocycles. The first-order valence-electron chi connectivity index (χ1n) is 9.27. The molecule has 7 nitrogen and oxygen atoms in total. The van der Waals surface area contributed by atoms with Gasteiger partial charge in [0.1, 0.15) is 17.8 Å². The van der Waals surface area contributed by atoms with Crippen LogP contribution < -0.4 is 10.6 Å². The van der Waals surface area contributed by atoms with Gasteiger partial charge in [0.25, 0.3) is 0 Å². The third kappa shape index (κ3) is 6.23. The van der Waals surface area contributed by atoms with Crippen LogP contribution in [0.5, 0.6) is 0 Å². The lowest BCUT2D eigenvalue weighted by molar-refractivity contribution is -0.144. The van der Waals surface area contributed by atoms with Crippen molar-refractivity contribution in [1.29, 1.82) is 0 Å². The first kappa shape index (κ1) is 23.4. The van der Waals surface area contributed by atoms with E-state index in [0.29, 0.717) is 0 Å². The minimum atomic E-state index is -1.86. The zero-order chi connectivity index (χ0) is 21.3. The number of alkyl carbamates (subject to hydrolysis) is 1. The van der Waals surface area contributed by atoms with Crippen LogP contribution in [0.25, 0.3) is 0 Å². The SMILES string of the molecule is C=CCC(NC(=O)[C@@H](NC(=O)OCc1ccccc1)C(C)C)(C(=O)O)[SiH](C)C. The molecule has 0 aliphatic rings. The number of hydrogen-bond acceptors (Lipinski definition) is 4. The second kappa shape index (κ2) is 10.7. The second-order valence-electron chi connectivity index (χ2n) is 7.34. The van der Waals surface area contributed by atoms with Crippen molar-refractivity contribution in [3.63, 3.8) is 0 Å². The fraction of sp³-hybridized carbons (Fsp3) is 0.450. The van der Waals surface area contributed by atoms with Crippen molar-refractivity contribution < 1.29 is 24.2 Å². The van der Waals surface area contributed by atoms with Crippen LogP contribution in [-0.2, 0) is 20.9 Å². The Hall–Kier alpha value is -2.61. The van der Waals surface area contributed by atoms with Crippen LogP contribution in [0.2, 0.25) is 13.1 Å². The van der Waals surface area contributed by atoms with Gasteiger partial charge in [-0.3, -0.25) is 9.59 Å². The molecule has 0 bridgehead atoms. The smallest absolute Gasteiger partial charge is 0.408 e. The molecule has 2 amide bonds. The maximum absolute atomic E-state index is 12.8. The van der Waals surface area contributed by atoms with Crippen LogP contribution in [0.3, 0.4) is 0 Å². The lowest BCUT2D eigenvalue weighted by Crippen LogP contribution is -2.65. The van der Waals surface area contributed by atoms with Gasteiger partial charge in [0.2, 0.25) is 5.91 Å². The van der Waals surface area contributed by atoms with E-state index in [1.54, 1.807) is 13.8 Å². The molecule has 1 aromatic rings. The number of carbonyl (C=O) groups excluding carboxylic acids is 2. The number of carboxylic acid groups (broad SMARTS) is 1. The number of rotatable bonds is 10. The van der Waals surface area contributed by atoms with Gasteiger partial charge in [0.15, 0.2) is 0 Å². The van der Waals surface area contributed by atoms with Crippen molar-refractivity contribution in [3.05, 3.63) is 48.6 Å². The van der Waals surface area contributed by atoms with Crippen LogP contribution in [0, 0.1) is 5.92 Å². The molecule has 0 radical (unpaired) electrons. The summed E-state index contributed by atoms with van der Waals surface area (Å²) in [6.45, 7) is 10.9. The number of ether oxygens (including phenoxy) is 1. The predicted molar refractivity (Wildman–Crippen MR) is 111 cm³/mol. The Morgan fingerprint density at radius 1 is 1.25 bits per heavy atom. The zero-order valence-corrected chi connectivity index (χ0v) is 18.1.